The van der Waals surface area contributed by atoms with E-state index in [9.17, 15) is 0 Å². The summed E-state index contributed by atoms with van der Waals surface area (Å²) in [7, 11) is 0. The fraction of sp³-hybridized carbons (Fsp3) is 0.750. The number of hydrogen-bond acceptors (Lipinski definition) is 4. The number of aromatic nitrogens is 2. The van der Waals surface area contributed by atoms with Crippen molar-refractivity contribution < 1.29 is 0 Å². The van der Waals surface area contributed by atoms with Gasteiger partial charge in [0.1, 0.15) is 17.5 Å². The van der Waals surface area contributed by atoms with Gasteiger partial charge in [-0.3, -0.25) is 0 Å². The molecule has 1 atom stereocenters. The van der Waals surface area contributed by atoms with Crippen LogP contribution in [0.25, 0.3) is 0 Å². The van der Waals surface area contributed by atoms with Crippen LogP contribution >= 0.6 is 0 Å². The minimum absolute atomic E-state index is 0.596. The summed E-state index contributed by atoms with van der Waals surface area (Å²) in [4.78, 5) is 12.2. The molecule has 3 rings (SSSR count). The van der Waals surface area contributed by atoms with Crippen LogP contribution in [0.2, 0.25) is 0 Å². The molecule has 4 heteroatoms. The summed E-state index contributed by atoms with van der Waals surface area (Å²) in [6, 6.07) is 0.596. The second-order valence-corrected chi connectivity index (χ2v) is 6.22. The number of anilines is 2. The Bertz CT molecular complexity index is 482. The maximum Gasteiger partial charge on any atom is 0.137 e. The Kier molecular flexibility index (Phi) is 3.81. The number of piperidine rings is 1. The van der Waals surface area contributed by atoms with E-state index >= 15 is 0 Å². The molecule has 0 aromatic carbocycles. The molecule has 0 bridgehead atoms. The number of nitrogens with zero attached hydrogens (tertiary/aromatic N) is 3. The van der Waals surface area contributed by atoms with Gasteiger partial charge in [0.05, 0.1) is 0 Å². The Labute approximate surface area is 122 Å². The van der Waals surface area contributed by atoms with Crippen LogP contribution < -0.4 is 10.2 Å². The monoisotopic (exact) mass is 274 g/mol. The molecule has 1 saturated carbocycles. The first-order chi connectivity index (χ1) is 9.70. The second-order valence-electron chi connectivity index (χ2n) is 6.22. The van der Waals surface area contributed by atoms with E-state index in [0.717, 1.165) is 24.7 Å². The van der Waals surface area contributed by atoms with Gasteiger partial charge in [-0.15, -0.1) is 0 Å². The predicted molar refractivity (Wildman–Crippen MR) is 83.6 cm³/mol. The van der Waals surface area contributed by atoms with E-state index in [4.69, 9.17) is 9.97 Å². The van der Waals surface area contributed by atoms with Gasteiger partial charge < -0.3 is 10.2 Å². The van der Waals surface area contributed by atoms with Crippen molar-refractivity contribution in [2.45, 2.75) is 64.8 Å². The standard InChI is InChI=1S/C16H26N4/c1-4-17-14-12(3)16(19-15(18-14)13-8-9-13)20-10-6-5-7-11(20)2/h11,13H,4-10H2,1-3H3,(H,17,18,19). The van der Waals surface area contributed by atoms with E-state index in [-0.39, 0.29) is 0 Å². The van der Waals surface area contributed by atoms with Gasteiger partial charge in [0.15, 0.2) is 0 Å². The molecule has 4 nitrogen and oxygen atoms in total. The van der Waals surface area contributed by atoms with E-state index in [1.165, 1.54) is 43.5 Å². The van der Waals surface area contributed by atoms with Crippen molar-refractivity contribution in [3.8, 4) is 0 Å². The van der Waals surface area contributed by atoms with Crippen LogP contribution in [0, 0.1) is 6.92 Å². The van der Waals surface area contributed by atoms with Crippen molar-refractivity contribution in [1.29, 1.82) is 0 Å². The lowest BCUT2D eigenvalue weighted by molar-refractivity contribution is 0.479. The van der Waals surface area contributed by atoms with Crippen molar-refractivity contribution in [3.63, 3.8) is 0 Å². The van der Waals surface area contributed by atoms with Crippen molar-refractivity contribution >= 4 is 11.6 Å². The Balaban J connectivity index is 1.98. The third-order valence-electron chi connectivity index (χ3n) is 4.50. The lowest BCUT2D eigenvalue weighted by Gasteiger charge is -2.35. The zero-order valence-corrected chi connectivity index (χ0v) is 12.9. The van der Waals surface area contributed by atoms with Crippen molar-refractivity contribution in [3.05, 3.63) is 11.4 Å². The molecule has 2 aliphatic rings. The molecule has 2 heterocycles. The average molecular weight is 274 g/mol. The zero-order chi connectivity index (χ0) is 14.1. The molecule has 1 aromatic rings. The first-order valence-electron chi connectivity index (χ1n) is 8.09. The summed E-state index contributed by atoms with van der Waals surface area (Å²) in [6.45, 7) is 8.66. The SMILES string of the molecule is CCNc1nc(C2CC2)nc(N2CCCCC2C)c1C. The minimum atomic E-state index is 0.596. The predicted octanol–water partition coefficient (Wildman–Crippen LogP) is 3.47. The normalized spacial score (nSPS) is 22.9. The molecule has 0 amide bonds. The van der Waals surface area contributed by atoms with Crippen LogP contribution in [-0.4, -0.2) is 29.1 Å². The largest absolute Gasteiger partial charge is 0.370 e. The molecular formula is C16H26N4. The van der Waals surface area contributed by atoms with Crippen LogP contribution in [0.4, 0.5) is 11.6 Å². The van der Waals surface area contributed by atoms with Crippen LogP contribution in [0.3, 0.4) is 0 Å². The molecule has 1 aromatic heterocycles. The first kappa shape index (κ1) is 13.7. The lowest BCUT2D eigenvalue weighted by atomic mass is 10.0. The van der Waals surface area contributed by atoms with Gasteiger partial charge in [-0.25, -0.2) is 9.97 Å². The van der Waals surface area contributed by atoms with Gasteiger partial charge in [0.2, 0.25) is 0 Å². The van der Waals surface area contributed by atoms with E-state index in [1.54, 1.807) is 0 Å². The maximum atomic E-state index is 4.93. The Hall–Kier alpha value is -1.32. The lowest BCUT2D eigenvalue weighted by Crippen LogP contribution is -2.38. The minimum Gasteiger partial charge on any atom is -0.370 e. The van der Waals surface area contributed by atoms with Gasteiger partial charge >= 0.3 is 0 Å². The molecule has 2 fully saturated rings. The fourth-order valence-electron chi connectivity index (χ4n) is 3.08. The highest BCUT2D eigenvalue weighted by molar-refractivity contribution is 5.59. The highest BCUT2D eigenvalue weighted by Crippen LogP contribution is 2.40. The zero-order valence-electron chi connectivity index (χ0n) is 12.9. The molecular weight excluding hydrogens is 248 g/mol. The third kappa shape index (κ3) is 2.60. The van der Waals surface area contributed by atoms with Crippen LogP contribution in [0.1, 0.15) is 63.3 Å². The number of nitrogens with one attached hydrogen (secondary N) is 1. The summed E-state index contributed by atoms with van der Waals surface area (Å²) >= 11 is 0. The third-order valence-corrected chi connectivity index (χ3v) is 4.50. The van der Waals surface area contributed by atoms with Gasteiger partial charge in [-0.1, -0.05) is 0 Å². The van der Waals surface area contributed by atoms with Gasteiger partial charge in [0.25, 0.3) is 0 Å². The van der Waals surface area contributed by atoms with E-state index in [1.807, 2.05) is 0 Å². The number of rotatable bonds is 4. The van der Waals surface area contributed by atoms with E-state index < -0.39 is 0 Å². The molecule has 0 radical (unpaired) electrons. The van der Waals surface area contributed by atoms with Gasteiger partial charge in [-0.05, 0) is 52.9 Å². The Morgan fingerprint density at radius 3 is 2.65 bits per heavy atom. The molecule has 110 valence electrons. The Morgan fingerprint density at radius 2 is 2.00 bits per heavy atom. The van der Waals surface area contributed by atoms with Crippen LogP contribution in [0.15, 0.2) is 0 Å². The molecule has 20 heavy (non-hydrogen) atoms. The summed E-state index contributed by atoms with van der Waals surface area (Å²) in [6.07, 6.45) is 6.41. The fourth-order valence-corrected chi connectivity index (χ4v) is 3.08. The average Bonchev–Trinajstić information content (AvgIpc) is 3.27. The van der Waals surface area contributed by atoms with Crippen LogP contribution in [-0.2, 0) is 0 Å². The van der Waals surface area contributed by atoms with Gasteiger partial charge in [-0.2, -0.15) is 0 Å². The van der Waals surface area contributed by atoms with Gasteiger partial charge in [0, 0.05) is 30.6 Å². The summed E-state index contributed by atoms with van der Waals surface area (Å²) in [5.41, 5.74) is 1.21. The Morgan fingerprint density at radius 1 is 1.20 bits per heavy atom. The molecule has 1 unspecified atom stereocenters. The number of hydrogen-bond donors (Lipinski definition) is 1. The maximum absolute atomic E-state index is 4.93. The molecule has 1 aliphatic heterocycles. The summed E-state index contributed by atoms with van der Waals surface area (Å²) in [5.74, 6) is 3.87. The van der Waals surface area contributed by atoms with E-state index in [0.29, 0.717) is 12.0 Å². The quantitative estimate of drug-likeness (QED) is 0.912. The smallest absolute Gasteiger partial charge is 0.137 e. The summed E-state index contributed by atoms with van der Waals surface area (Å²) < 4.78 is 0. The first-order valence-corrected chi connectivity index (χ1v) is 8.09. The summed E-state index contributed by atoms with van der Waals surface area (Å²) in [5, 5.41) is 3.42. The molecule has 0 spiro atoms. The molecule has 1 saturated heterocycles. The van der Waals surface area contributed by atoms with E-state index in [2.05, 4.69) is 31.0 Å². The van der Waals surface area contributed by atoms with Crippen molar-refractivity contribution in [2.75, 3.05) is 23.3 Å². The van der Waals surface area contributed by atoms with Crippen molar-refractivity contribution in [1.82, 2.24) is 9.97 Å². The second kappa shape index (κ2) is 5.58. The highest BCUT2D eigenvalue weighted by Gasteiger charge is 2.30. The van der Waals surface area contributed by atoms with Crippen LogP contribution in [0.5, 0.6) is 0 Å². The highest BCUT2D eigenvalue weighted by atomic mass is 15.2. The van der Waals surface area contributed by atoms with Crippen molar-refractivity contribution in [2.24, 2.45) is 0 Å². The topological polar surface area (TPSA) is 41.1 Å². The molecule has 1 aliphatic carbocycles. The molecule has 1 N–H and O–H groups in total.